The van der Waals surface area contributed by atoms with Crippen molar-refractivity contribution in [3.63, 3.8) is 0 Å². The Labute approximate surface area is 147 Å². The second-order valence-corrected chi connectivity index (χ2v) is 7.02. The lowest BCUT2D eigenvalue weighted by molar-refractivity contribution is -0.126. The average Bonchev–Trinajstić information content (AvgIpc) is 2.61. The molecule has 1 amide bonds. The fourth-order valence-electron chi connectivity index (χ4n) is 3.50. The summed E-state index contributed by atoms with van der Waals surface area (Å²) in [7, 11) is 2.01. The second kappa shape index (κ2) is 9.80. The molecule has 1 aromatic carbocycles. The first kappa shape index (κ1) is 18.9. The highest BCUT2D eigenvalue weighted by molar-refractivity contribution is 5.81. The van der Waals surface area contributed by atoms with Crippen molar-refractivity contribution in [2.24, 2.45) is 5.92 Å². The van der Waals surface area contributed by atoms with Gasteiger partial charge in [-0.3, -0.25) is 9.69 Å². The molecule has 24 heavy (non-hydrogen) atoms. The van der Waals surface area contributed by atoms with E-state index in [1.165, 1.54) is 30.4 Å². The summed E-state index contributed by atoms with van der Waals surface area (Å²) in [6, 6.07) is 8.36. The molecule has 1 atom stereocenters. The number of rotatable bonds is 8. The molecule has 0 aliphatic carbocycles. The van der Waals surface area contributed by atoms with Crippen LogP contribution in [0.5, 0.6) is 0 Å². The number of hydrogen-bond acceptors (Lipinski definition) is 3. The first-order valence-electron chi connectivity index (χ1n) is 9.32. The molecule has 1 unspecified atom stereocenters. The number of aryl methyl sites for hydroxylation is 1. The van der Waals surface area contributed by atoms with Gasteiger partial charge in [-0.2, -0.15) is 0 Å². The van der Waals surface area contributed by atoms with E-state index in [1.807, 2.05) is 14.0 Å². The summed E-state index contributed by atoms with van der Waals surface area (Å²) in [4.78, 5) is 14.7. The van der Waals surface area contributed by atoms with Gasteiger partial charge in [-0.1, -0.05) is 24.3 Å². The lowest BCUT2D eigenvalue weighted by atomic mass is 9.93. The van der Waals surface area contributed by atoms with E-state index in [9.17, 15) is 4.79 Å². The molecule has 1 saturated heterocycles. The van der Waals surface area contributed by atoms with Gasteiger partial charge in [-0.05, 0) is 83.3 Å². The highest BCUT2D eigenvalue weighted by Gasteiger charge is 2.26. The lowest BCUT2D eigenvalue weighted by Crippen LogP contribution is -2.48. The van der Waals surface area contributed by atoms with Gasteiger partial charge in [-0.25, -0.2) is 0 Å². The fraction of sp³-hybridized carbons (Fsp3) is 0.650. The van der Waals surface area contributed by atoms with Crippen LogP contribution < -0.4 is 10.6 Å². The van der Waals surface area contributed by atoms with Crippen LogP contribution in [0, 0.1) is 12.8 Å². The summed E-state index contributed by atoms with van der Waals surface area (Å²) in [5.74, 6) is 0.974. The van der Waals surface area contributed by atoms with Crippen LogP contribution in [0.3, 0.4) is 0 Å². The molecule has 134 valence electrons. The van der Waals surface area contributed by atoms with Crippen molar-refractivity contribution < 1.29 is 4.79 Å². The van der Waals surface area contributed by atoms with E-state index in [1.54, 1.807) is 0 Å². The summed E-state index contributed by atoms with van der Waals surface area (Å²) in [5.41, 5.74) is 2.61. The van der Waals surface area contributed by atoms with Crippen molar-refractivity contribution in [2.45, 2.75) is 45.6 Å². The van der Waals surface area contributed by atoms with Crippen LogP contribution in [0.4, 0.5) is 0 Å². The third kappa shape index (κ3) is 5.60. The Balaban J connectivity index is 1.70. The van der Waals surface area contributed by atoms with Crippen LogP contribution >= 0.6 is 0 Å². The predicted octanol–water partition coefficient (Wildman–Crippen LogP) is 2.36. The molecule has 0 aromatic heterocycles. The smallest absolute Gasteiger partial charge is 0.237 e. The first-order chi connectivity index (χ1) is 11.6. The Bertz CT molecular complexity index is 509. The summed E-state index contributed by atoms with van der Waals surface area (Å²) < 4.78 is 0. The van der Waals surface area contributed by atoms with Crippen LogP contribution in [-0.4, -0.2) is 50.1 Å². The molecule has 0 bridgehead atoms. The van der Waals surface area contributed by atoms with Gasteiger partial charge in [0.05, 0.1) is 6.04 Å². The number of nitrogens with one attached hydrogen (secondary N) is 2. The summed E-state index contributed by atoms with van der Waals surface area (Å²) >= 11 is 0. The van der Waals surface area contributed by atoms with Crippen molar-refractivity contribution in [2.75, 3.05) is 33.2 Å². The molecule has 1 aliphatic rings. The van der Waals surface area contributed by atoms with E-state index in [-0.39, 0.29) is 11.9 Å². The zero-order chi connectivity index (χ0) is 17.4. The number of carbonyl (C=O) groups is 1. The Hall–Kier alpha value is -1.39. The molecule has 1 aromatic rings. The topological polar surface area (TPSA) is 44.4 Å². The SMILES string of the molecule is CNCCC1CCN(C(C)C(=O)NCCc2ccccc2C)CC1. The quantitative estimate of drug-likeness (QED) is 0.769. The van der Waals surface area contributed by atoms with E-state index in [4.69, 9.17) is 0 Å². The van der Waals surface area contributed by atoms with E-state index < -0.39 is 0 Å². The molecular weight excluding hydrogens is 298 g/mol. The molecule has 4 heteroatoms. The Morgan fingerprint density at radius 3 is 2.62 bits per heavy atom. The van der Waals surface area contributed by atoms with Crippen LogP contribution in [-0.2, 0) is 11.2 Å². The largest absolute Gasteiger partial charge is 0.354 e. The highest BCUT2D eigenvalue weighted by atomic mass is 16.2. The van der Waals surface area contributed by atoms with E-state index in [0.717, 1.165) is 32.0 Å². The third-order valence-electron chi connectivity index (χ3n) is 5.33. The second-order valence-electron chi connectivity index (χ2n) is 7.02. The summed E-state index contributed by atoms with van der Waals surface area (Å²) in [5, 5.41) is 6.34. The van der Waals surface area contributed by atoms with E-state index in [2.05, 4.69) is 46.7 Å². The average molecular weight is 332 g/mol. The van der Waals surface area contributed by atoms with Gasteiger partial charge in [0.1, 0.15) is 0 Å². The van der Waals surface area contributed by atoms with Crippen molar-refractivity contribution in [3.8, 4) is 0 Å². The van der Waals surface area contributed by atoms with Crippen molar-refractivity contribution in [3.05, 3.63) is 35.4 Å². The minimum Gasteiger partial charge on any atom is -0.354 e. The van der Waals surface area contributed by atoms with Crippen molar-refractivity contribution in [1.82, 2.24) is 15.5 Å². The monoisotopic (exact) mass is 331 g/mol. The molecule has 1 heterocycles. The van der Waals surface area contributed by atoms with Gasteiger partial charge < -0.3 is 10.6 Å². The molecule has 2 N–H and O–H groups in total. The number of benzene rings is 1. The predicted molar refractivity (Wildman–Crippen MR) is 100 cm³/mol. The summed E-state index contributed by atoms with van der Waals surface area (Å²) in [6.45, 7) is 8.06. The van der Waals surface area contributed by atoms with Crippen molar-refractivity contribution in [1.29, 1.82) is 0 Å². The van der Waals surface area contributed by atoms with Gasteiger partial charge in [0.2, 0.25) is 5.91 Å². The van der Waals surface area contributed by atoms with Gasteiger partial charge >= 0.3 is 0 Å². The molecule has 4 nitrogen and oxygen atoms in total. The van der Waals surface area contributed by atoms with Crippen molar-refractivity contribution >= 4 is 5.91 Å². The Kier molecular flexibility index (Phi) is 7.73. The highest BCUT2D eigenvalue weighted by Crippen LogP contribution is 2.21. The number of nitrogens with zero attached hydrogens (tertiary/aromatic N) is 1. The van der Waals surface area contributed by atoms with Gasteiger partial charge in [0.15, 0.2) is 0 Å². The standard InChI is InChI=1S/C20H33N3O/c1-16-6-4-5-7-19(16)9-13-22-20(24)17(2)23-14-10-18(11-15-23)8-12-21-3/h4-7,17-18,21H,8-15H2,1-3H3,(H,22,24). The number of likely N-dealkylation sites (tertiary alicyclic amines) is 1. The van der Waals surface area contributed by atoms with Gasteiger partial charge in [-0.15, -0.1) is 0 Å². The summed E-state index contributed by atoms with van der Waals surface area (Å²) in [6.07, 6.45) is 4.57. The number of amides is 1. The molecule has 1 aliphatic heterocycles. The molecule has 0 saturated carbocycles. The maximum absolute atomic E-state index is 12.4. The Morgan fingerprint density at radius 2 is 1.96 bits per heavy atom. The zero-order valence-corrected chi connectivity index (χ0v) is 15.5. The first-order valence-corrected chi connectivity index (χ1v) is 9.32. The zero-order valence-electron chi connectivity index (χ0n) is 15.5. The molecule has 0 radical (unpaired) electrons. The molecule has 2 rings (SSSR count). The maximum atomic E-state index is 12.4. The third-order valence-corrected chi connectivity index (χ3v) is 5.33. The molecule has 0 spiro atoms. The van der Waals surface area contributed by atoms with Gasteiger partial charge in [0, 0.05) is 6.54 Å². The Morgan fingerprint density at radius 1 is 1.25 bits per heavy atom. The van der Waals surface area contributed by atoms with E-state index in [0.29, 0.717) is 6.54 Å². The normalized spacial score (nSPS) is 17.6. The van der Waals surface area contributed by atoms with Gasteiger partial charge in [0.25, 0.3) is 0 Å². The fourth-order valence-corrected chi connectivity index (χ4v) is 3.50. The van der Waals surface area contributed by atoms with Crippen LogP contribution in [0.25, 0.3) is 0 Å². The maximum Gasteiger partial charge on any atom is 0.237 e. The van der Waals surface area contributed by atoms with E-state index >= 15 is 0 Å². The number of hydrogen-bond donors (Lipinski definition) is 2. The number of carbonyl (C=O) groups excluding carboxylic acids is 1. The molecular formula is C20H33N3O. The van der Waals surface area contributed by atoms with Crippen LogP contribution in [0.1, 0.15) is 37.3 Å². The number of piperidine rings is 1. The van der Waals surface area contributed by atoms with Crippen LogP contribution in [0.2, 0.25) is 0 Å². The minimum atomic E-state index is -0.0212. The lowest BCUT2D eigenvalue weighted by Gasteiger charge is -2.35. The van der Waals surface area contributed by atoms with Crippen LogP contribution in [0.15, 0.2) is 24.3 Å². The minimum absolute atomic E-state index is 0.0212. The molecule has 1 fully saturated rings.